The second-order valence-electron chi connectivity index (χ2n) is 3.84. The predicted molar refractivity (Wildman–Crippen MR) is 62.0 cm³/mol. The van der Waals surface area contributed by atoms with E-state index in [1.165, 1.54) is 19.2 Å². The summed E-state index contributed by atoms with van der Waals surface area (Å²) in [5, 5.41) is 0.740. The molecule has 0 aliphatic heterocycles. The van der Waals surface area contributed by atoms with Crippen molar-refractivity contribution >= 4 is 16.9 Å². The Morgan fingerprint density at radius 1 is 1.59 bits per heavy atom. The van der Waals surface area contributed by atoms with Gasteiger partial charge in [0.25, 0.3) is 0 Å². The lowest BCUT2D eigenvalue weighted by Crippen LogP contribution is -2.33. The number of methoxy groups -OCH3 is 1. The summed E-state index contributed by atoms with van der Waals surface area (Å²) in [6.45, 7) is 0. The first-order chi connectivity index (χ1) is 8.11. The molecule has 2 aromatic rings. The van der Waals surface area contributed by atoms with Crippen molar-refractivity contribution in [3.63, 3.8) is 0 Å². The average Bonchev–Trinajstić information content (AvgIpc) is 2.71. The normalized spacial score (nSPS) is 12.6. The Balaban J connectivity index is 2.30. The first-order valence-corrected chi connectivity index (χ1v) is 5.20. The highest BCUT2D eigenvalue weighted by Gasteiger charge is 2.16. The fraction of sp³-hybridized carbons (Fsp3) is 0.250. The largest absolute Gasteiger partial charge is 0.468 e. The number of nitrogens with two attached hydrogens (primary N) is 1. The maximum absolute atomic E-state index is 13.1. The number of carbonyl (C=O) groups excluding carboxylic acids is 1. The lowest BCUT2D eigenvalue weighted by atomic mass is 10.1. The van der Waals surface area contributed by atoms with Crippen LogP contribution < -0.4 is 5.73 Å². The number of halogens is 1. The molecule has 0 aliphatic rings. The van der Waals surface area contributed by atoms with Crippen LogP contribution in [-0.2, 0) is 16.0 Å². The third-order valence-corrected chi connectivity index (χ3v) is 2.67. The van der Waals surface area contributed by atoms with Crippen molar-refractivity contribution in [1.29, 1.82) is 0 Å². The fourth-order valence-corrected chi connectivity index (χ4v) is 1.79. The van der Waals surface area contributed by atoms with Crippen LogP contribution in [0.25, 0.3) is 10.9 Å². The molecule has 1 heterocycles. The lowest BCUT2D eigenvalue weighted by molar-refractivity contribution is -0.142. The SMILES string of the molecule is COC(=O)C(N)Cc1c[nH]c2ccc(F)cc12. The van der Waals surface area contributed by atoms with Crippen molar-refractivity contribution in [1.82, 2.24) is 4.98 Å². The Labute approximate surface area is 97.6 Å². The van der Waals surface area contributed by atoms with Gasteiger partial charge in [-0.1, -0.05) is 0 Å². The van der Waals surface area contributed by atoms with Crippen molar-refractivity contribution in [3.8, 4) is 0 Å². The monoisotopic (exact) mass is 236 g/mol. The highest BCUT2D eigenvalue weighted by atomic mass is 19.1. The van der Waals surface area contributed by atoms with Crippen molar-refractivity contribution in [2.24, 2.45) is 5.73 Å². The van der Waals surface area contributed by atoms with Crippen LogP contribution in [0.5, 0.6) is 0 Å². The minimum Gasteiger partial charge on any atom is -0.468 e. The Bertz CT molecular complexity index is 550. The molecule has 17 heavy (non-hydrogen) atoms. The van der Waals surface area contributed by atoms with Gasteiger partial charge in [-0.2, -0.15) is 0 Å². The van der Waals surface area contributed by atoms with E-state index in [0.29, 0.717) is 6.42 Å². The average molecular weight is 236 g/mol. The van der Waals surface area contributed by atoms with Gasteiger partial charge in [0.1, 0.15) is 11.9 Å². The second-order valence-corrected chi connectivity index (χ2v) is 3.84. The molecule has 4 nitrogen and oxygen atoms in total. The van der Waals surface area contributed by atoms with E-state index < -0.39 is 12.0 Å². The molecule has 0 amide bonds. The molecule has 1 aromatic carbocycles. The Hall–Kier alpha value is -1.88. The van der Waals surface area contributed by atoms with Gasteiger partial charge in [-0.25, -0.2) is 4.39 Å². The van der Waals surface area contributed by atoms with Crippen molar-refractivity contribution in [2.45, 2.75) is 12.5 Å². The van der Waals surface area contributed by atoms with Crippen molar-refractivity contribution in [2.75, 3.05) is 7.11 Å². The predicted octanol–water partition coefficient (Wildman–Crippen LogP) is 1.35. The first-order valence-electron chi connectivity index (χ1n) is 5.20. The summed E-state index contributed by atoms with van der Waals surface area (Å²) in [7, 11) is 1.29. The van der Waals surface area contributed by atoms with E-state index in [1.54, 1.807) is 12.3 Å². The van der Waals surface area contributed by atoms with Crippen LogP contribution >= 0.6 is 0 Å². The van der Waals surface area contributed by atoms with E-state index in [9.17, 15) is 9.18 Å². The van der Waals surface area contributed by atoms with Crippen molar-refractivity contribution in [3.05, 3.63) is 35.8 Å². The van der Waals surface area contributed by atoms with Gasteiger partial charge < -0.3 is 15.5 Å². The summed E-state index contributed by atoms with van der Waals surface area (Å²) in [4.78, 5) is 14.2. The summed E-state index contributed by atoms with van der Waals surface area (Å²) in [5.74, 6) is -0.791. The number of carbonyl (C=O) groups is 1. The number of hydrogen-bond acceptors (Lipinski definition) is 3. The molecule has 1 atom stereocenters. The molecule has 0 aliphatic carbocycles. The molecule has 90 valence electrons. The maximum atomic E-state index is 13.1. The van der Waals surface area contributed by atoms with E-state index in [4.69, 9.17) is 5.73 Å². The topological polar surface area (TPSA) is 68.1 Å². The summed E-state index contributed by atoms with van der Waals surface area (Å²) in [5.41, 5.74) is 7.29. The van der Waals surface area contributed by atoms with E-state index in [1.807, 2.05) is 0 Å². The van der Waals surface area contributed by atoms with Crippen LogP contribution in [0.3, 0.4) is 0 Å². The zero-order chi connectivity index (χ0) is 12.4. The van der Waals surface area contributed by atoms with Gasteiger partial charge in [0, 0.05) is 23.5 Å². The standard InChI is InChI=1S/C12H13FN2O2/c1-17-12(16)10(14)4-7-6-15-11-3-2-8(13)5-9(7)11/h2-3,5-6,10,15H,4,14H2,1H3. The molecule has 3 N–H and O–H groups in total. The molecule has 0 radical (unpaired) electrons. The highest BCUT2D eigenvalue weighted by Crippen LogP contribution is 2.20. The molecule has 0 bridgehead atoms. The molecule has 0 spiro atoms. The molecule has 0 saturated carbocycles. The highest BCUT2D eigenvalue weighted by molar-refractivity contribution is 5.84. The van der Waals surface area contributed by atoms with Crippen LogP contribution in [0.15, 0.2) is 24.4 Å². The molecule has 1 aromatic heterocycles. The van der Waals surface area contributed by atoms with Crippen LogP contribution in [0.1, 0.15) is 5.56 Å². The molecular formula is C12H13FN2O2. The third kappa shape index (κ3) is 2.29. The molecule has 0 saturated heterocycles. The number of esters is 1. The smallest absolute Gasteiger partial charge is 0.322 e. The summed E-state index contributed by atoms with van der Waals surface area (Å²) in [6.07, 6.45) is 2.04. The third-order valence-electron chi connectivity index (χ3n) is 2.67. The lowest BCUT2D eigenvalue weighted by Gasteiger charge is -2.07. The van der Waals surface area contributed by atoms with Gasteiger partial charge in [-0.3, -0.25) is 4.79 Å². The minimum absolute atomic E-state index is 0.315. The summed E-state index contributed by atoms with van der Waals surface area (Å²) in [6, 6.07) is 3.72. The molecule has 0 fully saturated rings. The number of aromatic amines is 1. The number of ether oxygens (including phenoxy) is 1. The number of rotatable bonds is 3. The number of hydrogen-bond donors (Lipinski definition) is 2. The molecule has 2 rings (SSSR count). The van der Waals surface area contributed by atoms with E-state index >= 15 is 0 Å². The van der Waals surface area contributed by atoms with Gasteiger partial charge in [0.05, 0.1) is 7.11 Å². The first kappa shape index (κ1) is 11.6. The number of nitrogens with one attached hydrogen (secondary N) is 1. The maximum Gasteiger partial charge on any atom is 0.322 e. The van der Waals surface area contributed by atoms with Gasteiger partial charge in [-0.05, 0) is 23.8 Å². The summed E-state index contributed by atoms with van der Waals surface area (Å²) < 4.78 is 17.7. The Morgan fingerprint density at radius 3 is 3.06 bits per heavy atom. The van der Waals surface area contributed by atoms with Crippen LogP contribution in [0, 0.1) is 5.82 Å². The Morgan fingerprint density at radius 2 is 2.35 bits per heavy atom. The van der Waals surface area contributed by atoms with Crippen molar-refractivity contribution < 1.29 is 13.9 Å². The van der Waals surface area contributed by atoms with E-state index in [2.05, 4.69) is 9.72 Å². The number of aromatic nitrogens is 1. The minimum atomic E-state index is -0.734. The molecule has 5 heteroatoms. The van der Waals surface area contributed by atoms with Gasteiger partial charge in [0.2, 0.25) is 0 Å². The zero-order valence-electron chi connectivity index (χ0n) is 9.37. The van der Waals surface area contributed by atoms with Gasteiger partial charge in [0.15, 0.2) is 0 Å². The van der Waals surface area contributed by atoms with Crippen LogP contribution in [-0.4, -0.2) is 24.1 Å². The van der Waals surface area contributed by atoms with E-state index in [0.717, 1.165) is 16.5 Å². The number of benzene rings is 1. The number of H-pyrrole nitrogens is 1. The fourth-order valence-electron chi connectivity index (χ4n) is 1.79. The Kier molecular flexibility index (Phi) is 3.10. The van der Waals surface area contributed by atoms with Crippen LogP contribution in [0.2, 0.25) is 0 Å². The van der Waals surface area contributed by atoms with E-state index in [-0.39, 0.29) is 5.82 Å². The van der Waals surface area contributed by atoms with Gasteiger partial charge in [-0.15, -0.1) is 0 Å². The van der Waals surface area contributed by atoms with Crippen LogP contribution in [0.4, 0.5) is 4.39 Å². The molecular weight excluding hydrogens is 223 g/mol. The second kappa shape index (κ2) is 4.55. The summed E-state index contributed by atoms with van der Waals surface area (Å²) >= 11 is 0. The quantitative estimate of drug-likeness (QED) is 0.790. The molecule has 1 unspecified atom stereocenters. The number of fused-ring (bicyclic) bond motifs is 1. The zero-order valence-corrected chi connectivity index (χ0v) is 9.37. The van der Waals surface area contributed by atoms with Gasteiger partial charge >= 0.3 is 5.97 Å².